The summed E-state index contributed by atoms with van der Waals surface area (Å²) in [6.07, 6.45) is 5.72. The Morgan fingerprint density at radius 3 is 2.55 bits per heavy atom. The molecule has 6 nitrogen and oxygen atoms in total. The summed E-state index contributed by atoms with van der Waals surface area (Å²) in [5, 5.41) is 0. The second kappa shape index (κ2) is 7.70. The first kappa shape index (κ1) is 16.2. The zero-order valence-corrected chi connectivity index (χ0v) is 13.1. The molecule has 0 aromatic rings. The molecule has 0 aromatic carbocycles. The van der Waals surface area contributed by atoms with Gasteiger partial charge in [-0.25, -0.2) is 4.72 Å². The highest BCUT2D eigenvalue weighted by Gasteiger charge is 2.27. The van der Waals surface area contributed by atoms with Crippen molar-refractivity contribution in [3.63, 3.8) is 0 Å². The summed E-state index contributed by atoms with van der Waals surface area (Å²) in [7, 11) is -3.33. The van der Waals surface area contributed by atoms with Gasteiger partial charge in [0.05, 0.1) is 0 Å². The third-order valence-corrected chi connectivity index (χ3v) is 5.90. The molecule has 2 fully saturated rings. The number of piperidine rings is 2. The van der Waals surface area contributed by atoms with Crippen LogP contribution in [0, 0.1) is 5.92 Å². The van der Waals surface area contributed by atoms with Crippen LogP contribution in [-0.4, -0.2) is 63.4 Å². The van der Waals surface area contributed by atoms with E-state index in [0.717, 1.165) is 32.5 Å². The molecule has 0 radical (unpaired) electrons. The van der Waals surface area contributed by atoms with E-state index in [1.165, 1.54) is 19.3 Å². The molecule has 0 amide bonds. The van der Waals surface area contributed by atoms with E-state index < -0.39 is 10.2 Å². The quantitative estimate of drug-likeness (QED) is 0.723. The molecule has 1 unspecified atom stereocenters. The van der Waals surface area contributed by atoms with Crippen molar-refractivity contribution in [3.05, 3.63) is 0 Å². The Labute approximate surface area is 122 Å². The van der Waals surface area contributed by atoms with Crippen molar-refractivity contribution in [2.24, 2.45) is 11.7 Å². The van der Waals surface area contributed by atoms with Crippen LogP contribution in [0.2, 0.25) is 0 Å². The molecule has 3 N–H and O–H groups in total. The molecule has 0 spiro atoms. The molecule has 2 aliphatic heterocycles. The van der Waals surface area contributed by atoms with E-state index in [4.69, 9.17) is 5.73 Å². The average molecular weight is 304 g/mol. The van der Waals surface area contributed by atoms with Crippen molar-refractivity contribution in [3.8, 4) is 0 Å². The van der Waals surface area contributed by atoms with Gasteiger partial charge < -0.3 is 10.6 Å². The van der Waals surface area contributed by atoms with Gasteiger partial charge in [-0.05, 0) is 51.2 Å². The van der Waals surface area contributed by atoms with E-state index in [1.54, 1.807) is 4.31 Å². The summed E-state index contributed by atoms with van der Waals surface area (Å²) in [4.78, 5) is 2.34. The van der Waals surface area contributed by atoms with Crippen molar-refractivity contribution in [1.29, 1.82) is 0 Å². The Bertz CT molecular complexity index is 382. The van der Waals surface area contributed by atoms with E-state index >= 15 is 0 Å². The van der Waals surface area contributed by atoms with Crippen LogP contribution in [0.1, 0.15) is 32.1 Å². The molecule has 118 valence electrons. The highest BCUT2D eigenvalue weighted by molar-refractivity contribution is 7.87. The van der Waals surface area contributed by atoms with Crippen molar-refractivity contribution < 1.29 is 8.42 Å². The Hall–Kier alpha value is -0.210. The normalized spacial score (nSPS) is 26.8. The molecule has 2 aliphatic rings. The first-order valence-corrected chi connectivity index (χ1v) is 9.23. The summed E-state index contributed by atoms with van der Waals surface area (Å²) in [5.41, 5.74) is 5.66. The molecule has 20 heavy (non-hydrogen) atoms. The number of hydrogen-bond donors (Lipinski definition) is 2. The zero-order chi connectivity index (χ0) is 14.4. The second-order valence-electron chi connectivity index (χ2n) is 5.90. The first-order chi connectivity index (χ1) is 9.62. The van der Waals surface area contributed by atoms with Gasteiger partial charge in [0.2, 0.25) is 0 Å². The molecule has 0 saturated carbocycles. The van der Waals surface area contributed by atoms with Gasteiger partial charge in [0.15, 0.2) is 0 Å². The molecule has 2 rings (SSSR count). The van der Waals surface area contributed by atoms with Gasteiger partial charge in [0.1, 0.15) is 0 Å². The summed E-state index contributed by atoms with van der Waals surface area (Å²) in [6, 6.07) is 0. The first-order valence-electron chi connectivity index (χ1n) is 7.79. The lowest BCUT2D eigenvalue weighted by atomic mass is 10.0. The lowest BCUT2D eigenvalue weighted by Crippen LogP contribution is -2.48. The molecule has 0 aliphatic carbocycles. The molecule has 1 atom stereocenters. The van der Waals surface area contributed by atoms with Crippen LogP contribution in [0.3, 0.4) is 0 Å². The van der Waals surface area contributed by atoms with E-state index in [9.17, 15) is 8.42 Å². The highest BCUT2D eigenvalue weighted by atomic mass is 32.2. The van der Waals surface area contributed by atoms with E-state index in [0.29, 0.717) is 32.1 Å². The monoisotopic (exact) mass is 304 g/mol. The predicted molar refractivity (Wildman–Crippen MR) is 80.6 cm³/mol. The smallest absolute Gasteiger partial charge is 0.279 e. The Morgan fingerprint density at radius 1 is 1.10 bits per heavy atom. The number of rotatable bonds is 6. The van der Waals surface area contributed by atoms with Crippen LogP contribution < -0.4 is 10.5 Å². The summed E-state index contributed by atoms with van der Waals surface area (Å²) >= 11 is 0. The maximum atomic E-state index is 12.2. The molecular formula is C13H28N4O2S. The minimum absolute atomic E-state index is 0.308. The van der Waals surface area contributed by atoms with Crippen LogP contribution in [0.5, 0.6) is 0 Å². The van der Waals surface area contributed by atoms with Gasteiger partial charge in [-0.3, -0.25) is 0 Å². The molecular weight excluding hydrogens is 276 g/mol. The lowest BCUT2D eigenvalue weighted by Gasteiger charge is -2.32. The molecule has 0 bridgehead atoms. The van der Waals surface area contributed by atoms with Gasteiger partial charge in [-0.1, -0.05) is 6.42 Å². The summed E-state index contributed by atoms with van der Waals surface area (Å²) in [5.74, 6) is 0.308. The maximum Gasteiger partial charge on any atom is 0.279 e. The topological polar surface area (TPSA) is 78.7 Å². The fourth-order valence-corrected chi connectivity index (χ4v) is 4.35. The standard InChI is InChI=1S/C13H28N4O2S/c14-11-13-5-4-9-17(12-13)20(18,19)15-6-10-16-7-2-1-3-8-16/h13,15H,1-12,14H2. The number of nitrogens with zero attached hydrogens (tertiary/aromatic N) is 2. The van der Waals surface area contributed by atoms with Crippen molar-refractivity contribution >= 4 is 10.2 Å². The van der Waals surface area contributed by atoms with Crippen LogP contribution in [0.15, 0.2) is 0 Å². The Morgan fingerprint density at radius 2 is 1.85 bits per heavy atom. The fourth-order valence-electron chi connectivity index (χ4n) is 3.04. The largest absolute Gasteiger partial charge is 0.330 e. The number of likely N-dealkylation sites (tertiary alicyclic amines) is 1. The third kappa shape index (κ3) is 4.66. The fraction of sp³-hybridized carbons (Fsp3) is 1.00. The zero-order valence-electron chi connectivity index (χ0n) is 12.3. The SMILES string of the molecule is NCC1CCCN(S(=O)(=O)NCCN2CCCCC2)C1. The minimum Gasteiger partial charge on any atom is -0.330 e. The van der Waals surface area contributed by atoms with Crippen molar-refractivity contribution in [2.75, 3.05) is 45.8 Å². The third-order valence-electron chi connectivity index (χ3n) is 4.32. The van der Waals surface area contributed by atoms with E-state index in [2.05, 4.69) is 9.62 Å². The lowest BCUT2D eigenvalue weighted by molar-refractivity contribution is 0.230. The van der Waals surface area contributed by atoms with Gasteiger partial charge in [-0.2, -0.15) is 12.7 Å². The van der Waals surface area contributed by atoms with E-state index in [-0.39, 0.29) is 0 Å². The predicted octanol–water partition coefficient (Wildman–Crippen LogP) is -0.0226. The van der Waals surface area contributed by atoms with Gasteiger partial charge >= 0.3 is 0 Å². The molecule has 0 aromatic heterocycles. The highest BCUT2D eigenvalue weighted by Crippen LogP contribution is 2.17. The summed E-state index contributed by atoms with van der Waals surface area (Å²) in [6.45, 7) is 5.27. The van der Waals surface area contributed by atoms with Gasteiger partial charge in [-0.15, -0.1) is 0 Å². The minimum atomic E-state index is -3.33. The van der Waals surface area contributed by atoms with Crippen LogP contribution in [0.25, 0.3) is 0 Å². The number of nitrogens with one attached hydrogen (secondary N) is 1. The molecule has 7 heteroatoms. The van der Waals surface area contributed by atoms with Crippen molar-refractivity contribution in [2.45, 2.75) is 32.1 Å². The Kier molecular flexibility index (Phi) is 6.22. The molecule has 2 heterocycles. The average Bonchev–Trinajstić information content (AvgIpc) is 2.48. The van der Waals surface area contributed by atoms with Crippen LogP contribution in [-0.2, 0) is 10.2 Å². The van der Waals surface area contributed by atoms with Crippen LogP contribution >= 0.6 is 0 Å². The van der Waals surface area contributed by atoms with E-state index in [1.807, 2.05) is 0 Å². The van der Waals surface area contributed by atoms with Crippen molar-refractivity contribution in [1.82, 2.24) is 13.9 Å². The second-order valence-corrected chi connectivity index (χ2v) is 7.66. The number of hydrogen-bond acceptors (Lipinski definition) is 4. The molecule has 2 saturated heterocycles. The maximum absolute atomic E-state index is 12.2. The van der Waals surface area contributed by atoms with Gasteiger partial charge in [0, 0.05) is 26.2 Å². The number of nitrogens with two attached hydrogens (primary N) is 1. The Balaban J connectivity index is 1.75. The summed E-state index contributed by atoms with van der Waals surface area (Å²) < 4.78 is 28.8. The van der Waals surface area contributed by atoms with Crippen LogP contribution in [0.4, 0.5) is 0 Å². The van der Waals surface area contributed by atoms with Gasteiger partial charge in [0.25, 0.3) is 10.2 Å².